The van der Waals surface area contributed by atoms with Gasteiger partial charge in [-0.05, 0) is 73.4 Å². The second-order valence-corrected chi connectivity index (χ2v) is 8.83. The van der Waals surface area contributed by atoms with Crippen molar-refractivity contribution in [3.63, 3.8) is 0 Å². The van der Waals surface area contributed by atoms with Crippen molar-refractivity contribution in [3.05, 3.63) is 32.7 Å². The highest BCUT2D eigenvalue weighted by molar-refractivity contribution is 9.10. The summed E-state index contributed by atoms with van der Waals surface area (Å²) in [4.78, 5) is 0. The van der Waals surface area contributed by atoms with Gasteiger partial charge in [0.05, 0.1) is 45.1 Å². The Morgan fingerprint density at radius 2 is 1.54 bits per heavy atom. The van der Waals surface area contributed by atoms with E-state index in [1.807, 2.05) is 20.0 Å². The van der Waals surface area contributed by atoms with Gasteiger partial charge in [0, 0.05) is 11.9 Å². The summed E-state index contributed by atoms with van der Waals surface area (Å²) in [5, 5.41) is 27.3. The van der Waals surface area contributed by atoms with E-state index >= 15 is 0 Å². The van der Waals surface area contributed by atoms with Crippen molar-refractivity contribution in [2.45, 2.75) is 65.8 Å². The maximum Gasteiger partial charge on any atom is 0.0786 e. The average Bonchev–Trinajstić information content (AvgIpc) is 2.83. The SMILES string of the molecule is Cc1c(Br)cnn1CC(C)(C)O.Cc1nn(CC(C)(C)O)cc1Br. The molecule has 2 aromatic heterocycles. The molecule has 0 spiro atoms. The third kappa shape index (κ3) is 7.46. The molecule has 0 aliphatic heterocycles. The number of hydrogen-bond acceptors (Lipinski definition) is 4. The Hall–Kier alpha value is -0.700. The fourth-order valence-corrected chi connectivity index (χ4v) is 2.53. The van der Waals surface area contributed by atoms with E-state index in [0.29, 0.717) is 13.1 Å². The fourth-order valence-electron chi connectivity index (χ4n) is 1.92. The summed E-state index contributed by atoms with van der Waals surface area (Å²) >= 11 is 6.72. The van der Waals surface area contributed by atoms with E-state index in [9.17, 15) is 10.2 Å². The number of halogens is 2. The van der Waals surface area contributed by atoms with Gasteiger partial charge >= 0.3 is 0 Å². The fraction of sp³-hybridized carbons (Fsp3) is 0.625. The van der Waals surface area contributed by atoms with E-state index < -0.39 is 11.2 Å². The van der Waals surface area contributed by atoms with E-state index in [0.717, 1.165) is 20.3 Å². The van der Waals surface area contributed by atoms with Crippen LogP contribution in [0, 0.1) is 13.8 Å². The van der Waals surface area contributed by atoms with E-state index in [4.69, 9.17) is 0 Å². The normalized spacial score (nSPS) is 12.1. The zero-order valence-corrected chi connectivity index (χ0v) is 18.2. The lowest BCUT2D eigenvalue weighted by atomic mass is 10.1. The van der Waals surface area contributed by atoms with Crippen molar-refractivity contribution in [2.24, 2.45) is 0 Å². The van der Waals surface area contributed by atoms with Crippen LogP contribution in [0.3, 0.4) is 0 Å². The standard InChI is InChI=1S/2C8H13BrN2O/c1-6-7(9)4-11(10-6)5-8(2,3)12;1-6-7(9)4-10-11(6)5-8(2,3)12/h2*4,12H,5H2,1-3H3. The molecule has 8 heteroatoms. The lowest BCUT2D eigenvalue weighted by Gasteiger charge is -2.17. The molecule has 2 N–H and O–H groups in total. The zero-order chi connectivity index (χ0) is 18.7. The van der Waals surface area contributed by atoms with E-state index in [1.165, 1.54) is 0 Å². The van der Waals surface area contributed by atoms with Crippen LogP contribution in [0.25, 0.3) is 0 Å². The molecule has 0 bridgehead atoms. The largest absolute Gasteiger partial charge is 0.389 e. The predicted octanol–water partition coefficient (Wildman–Crippen LogP) is 3.45. The van der Waals surface area contributed by atoms with Crippen LogP contribution < -0.4 is 0 Å². The Balaban J connectivity index is 0.000000240. The average molecular weight is 466 g/mol. The number of aryl methyl sites for hydroxylation is 1. The van der Waals surface area contributed by atoms with Crippen LogP contribution in [0.5, 0.6) is 0 Å². The quantitative estimate of drug-likeness (QED) is 0.724. The monoisotopic (exact) mass is 464 g/mol. The van der Waals surface area contributed by atoms with Crippen molar-refractivity contribution < 1.29 is 10.2 Å². The number of nitrogens with zero attached hydrogens (tertiary/aromatic N) is 4. The Bertz CT molecular complexity index is 647. The molecule has 0 aliphatic rings. The highest BCUT2D eigenvalue weighted by Gasteiger charge is 2.16. The molecular formula is C16H26Br2N4O2. The van der Waals surface area contributed by atoms with Crippen molar-refractivity contribution in [3.8, 4) is 0 Å². The number of rotatable bonds is 4. The first-order valence-electron chi connectivity index (χ1n) is 7.61. The third-order valence-corrected chi connectivity index (χ3v) is 4.57. The number of aromatic nitrogens is 4. The molecule has 0 unspecified atom stereocenters. The lowest BCUT2D eigenvalue weighted by molar-refractivity contribution is 0.0566. The molecule has 0 saturated heterocycles. The topological polar surface area (TPSA) is 76.1 Å². The van der Waals surface area contributed by atoms with Crippen LogP contribution in [0.4, 0.5) is 0 Å². The van der Waals surface area contributed by atoms with Crippen LogP contribution in [0.2, 0.25) is 0 Å². The number of hydrogen-bond donors (Lipinski definition) is 2. The lowest BCUT2D eigenvalue weighted by Crippen LogP contribution is -2.27. The van der Waals surface area contributed by atoms with Gasteiger partial charge < -0.3 is 10.2 Å². The molecule has 2 rings (SSSR count). The van der Waals surface area contributed by atoms with Gasteiger partial charge in [0.2, 0.25) is 0 Å². The molecule has 0 fully saturated rings. The summed E-state index contributed by atoms with van der Waals surface area (Å²) < 4.78 is 5.47. The Morgan fingerprint density at radius 3 is 1.88 bits per heavy atom. The van der Waals surface area contributed by atoms with Crippen LogP contribution in [-0.2, 0) is 13.1 Å². The van der Waals surface area contributed by atoms with Crippen molar-refractivity contribution in [1.29, 1.82) is 0 Å². The molecule has 2 heterocycles. The van der Waals surface area contributed by atoms with Crippen LogP contribution >= 0.6 is 31.9 Å². The van der Waals surface area contributed by atoms with Gasteiger partial charge in [0.25, 0.3) is 0 Å². The molecule has 0 aliphatic carbocycles. The highest BCUT2D eigenvalue weighted by Crippen LogP contribution is 2.16. The van der Waals surface area contributed by atoms with E-state index in [2.05, 4.69) is 42.1 Å². The van der Waals surface area contributed by atoms with E-state index in [1.54, 1.807) is 43.3 Å². The molecule has 24 heavy (non-hydrogen) atoms. The maximum absolute atomic E-state index is 9.53. The van der Waals surface area contributed by atoms with Gasteiger partial charge in [-0.3, -0.25) is 9.36 Å². The summed E-state index contributed by atoms with van der Waals surface area (Å²) in [6, 6.07) is 0. The first-order valence-corrected chi connectivity index (χ1v) is 9.19. The van der Waals surface area contributed by atoms with Gasteiger partial charge in [0.15, 0.2) is 0 Å². The summed E-state index contributed by atoms with van der Waals surface area (Å²) in [6.07, 6.45) is 3.61. The maximum atomic E-state index is 9.53. The van der Waals surface area contributed by atoms with Crippen molar-refractivity contribution >= 4 is 31.9 Å². The molecule has 6 nitrogen and oxygen atoms in total. The van der Waals surface area contributed by atoms with Crippen LogP contribution in [0.1, 0.15) is 39.1 Å². The molecule has 136 valence electrons. The minimum atomic E-state index is -0.712. The minimum absolute atomic E-state index is 0.513. The summed E-state index contributed by atoms with van der Waals surface area (Å²) in [5.74, 6) is 0. The second kappa shape index (κ2) is 8.12. The first-order chi connectivity index (χ1) is 10.8. The summed E-state index contributed by atoms with van der Waals surface area (Å²) in [6.45, 7) is 12.0. The van der Waals surface area contributed by atoms with Gasteiger partial charge in [-0.25, -0.2) is 0 Å². The van der Waals surface area contributed by atoms with Crippen molar-refractivity contribution in [2.75, 3.05) is 0 Å². The Labute approximate surface area is 160 Å². The molecule has 0 radical (unpaired) electrons. The Morgan fingerprint density at radius 1 is 1.00 bits per heavy atom. The molecular weight excluding hydrogens is 440 g/mol. The number of aliphatic hydroxyl groups is 2. The summed E-state index contributed by atoms with van der Waals surface area (Å²) in [5.41, 5.74) is 0.560. The van der Waals surface area contributed by atoms with Gasteiger partial charge in [-0.2, -0.15) is 10.2 Å². The predicted molar refractivity (Wildman–Crippen MR) is 102 cm³/mol. The summed E-state index contributed by atoms with van der Waals surface area (Å²) in [7, 11) is 0. The van der Waals surface area contributed by atoms with Gasteiger partial charge in [-0.1, -0.05) is 0 Å². The molecule has 0 atom stereocenters. The van der Waals surface area contributed by atoms with Crippen LogP contribution in [-0.4, -0.2) is 41.0 Å². The van der Waals surface area contributed by atoms with Crippen LogP contribution in [0.15, 0.2) is 21.3 Å². The molecule has 0 saturated carbocycles. The third-order valence-electron chi connectivity index (χ3n) is 3.02. The molecule has 0 aromatic carbocycles. The highest BCUT2D eigenvalue weighted by atomic mass is 79.9. The smallest absolute Gasteiger partial charge is 0.0786 e. The second-order valence-electron chi connectivity index (χ2n) is 7.12. The van der Waals surface area contributed by atoms with Crippen molar-refractivity contribution in [1.82, 2.24) is 19.6 Å². The molecule has 2 aromatic rings. The first kappa shape index (κ1) is 21.3. The van der Waals surface area contributed by atoms with E-state index in [-0.39, 0.29) is 0 Å². The minimum Gasteiger partial charge on any atom is -0.389 e. The van der Waals surface area contributed by atoms with Gasteiger partial charge in [-0.15, -0.1) is 0 Å². The zero-order valence-electron chi connectivity index (χ0n) is 15.0. The van der Waals surface area contributed by atoms with Gasteiger partial charge in [0.1, 0.15) is 0 Å². The Kier molecular flexibility index (Phi) is 7.22. The molecule has 0 amide bonds.